The lowest BCUT2D eigenvalue weighted by Gasteiger charge is -2.31. The van der Waals surface area contributed by atoms with Gasteiger partial charge in [0.15, 0.2) is 0 Å². The molecule has 0 N–H and O–H groups in total. The number of likely N-dealkylation sites (tertiary alicyclic amines) is 1. The molecule has 1 fully saturated rings. The predicted octanol–water partition coefficient (Wildman–Crippen LogP) is 4.62. The van der Waals surface area contributed by atoms with Crippen LogP contribution in [-0.4, -0.2) is 34.0 Å². The Labute approximate surface area is 164 Å². The fourth-order valence-electron chi connectivity index (χ4n) is 3.46. The summed E-state index contributed by atoms with van der Waals surface area (Å²) in [4.78, 5) is 3.46. The van der Waals surface area contributed by atoms with Gasteiger partial charge < -0.3 is 4.90 Å². The molecule has 0 saturated carbocycles. The molecule has 1 atom stereocenters. The molecule has 2 aromatic rings. The minimum absolute atomic E-state index is 0. The molecule has 0 aliphatic carbocycles. The molecule has 0 amide bonds. The Morgan fingerprint density at radius 3 is 2.38 bits per heavy atom. The molecule has 0 bridgehead atoms. The van der Waals surface area contributed by atoms with Gasteiger partial charge in [-0.15, -0.1) is 12.4 Å². The van der Waals surface area contributed by atoms with Crippen LogP contribution in [0.4, 0.5) is 4.39 Å². The lowest BCUT2D eigenvalue weighted by Crippen LogP contribution is -2.38. The molecule has 1 aliphatic rings. The van der Waals surface area contributed by atoms with Crippen LogP contribution in [0.3, 0.4) is 0 Å². The Bertz CT molecular complexity index is 714. The first-order chi connectivity index (χ1) is 12.2. The van der Waals surface area contributed by atoms with Gasteiger partial charge in [0.25, 0.3) is 0 Å². The zero-order chi connectivity index (χ0) is 17.6. The number of halogens is 2. The van der Waals surface area contributed by atoms with Crippen molar-refractivity contribution in [3.63, 3.8) is 0 Å². The molecule has 1 heterocycles. The Hall–Kier alpha value is -1.23. The molecule has 0 radical (unpaired) electrons. The summed E-state index contributed by atoms with van der Waals surface area (Å²) in [5, 5.41) is 0.259. The van der Waals surface area contributed by atoms with Crippen LogP contribution < -0.4 is 0 Å². The zero-order valence-electron chi connectivity index (χ0n) is 15.2. The SMILES string of the molecule is CCc1ccccc1S(=O)C1CCN(CCc2ccc(F)cc2)CC1.Cl. The van der Waals surface area contributed by atoms with Crippen molar-refractivity contribution in [1.29, 1.82) is 0 Å². The summed E-state index contributed by atoms with van der Waals surface area (Å²) < 4.78 is 25.9. The normalized spacial score (nSPS) is 16.8. The van der Waals surface area contributed by atoms with E-state index in [-0.39, 0.29) is 23.5 Å². The lowest BCUT2D eigenvalue weighted by molar-refractivity contribution is 0.234. The molecule has 1 aliphatic heterocycles. The molecule has 142 valence electrons. The number of hydrogen-bond acceptors (Lipinski definition) is 2. The van der Waals surface area contributed by atoms with Gasteiger partial charge >= 0.3 is 0 Å². The third-order valence-corrected chi connectivity index (χ3v) is 6.95. The van der Waals surface area contributed by atoms with E-state index in [0.29, 0.717) is 0 Å². The van der Waals surface area contributed by atoms with Crippen LogP contribution in [0.15, 0.2) is 53.4 Å². The molecule has 1 saturated heterocycles. The molecular weight excluding hydrogens is 369 g/mol. The summed E-state index contributed by atoms with van der Waals surface area (Å²) in [7, 11) is -0.907. The second-order valence-electron chi connectivity index (χ2n) is 6.68. The molecule has 0 spiro atoms. The van der Waals surface area contributed by atoms with Gasteiger partial charge in [-0.3, -0.25) is 4.21 Å². The third kappa shape index (κ3) is 5.38. The fourth-order valence-corrected chi connectivity index (χ4v) is 5.14. The quantitative estimate of drug-likeness (QED) is 0.711. The van der Waals surface area contributed by atoms with Crippen molar-refractivity contribution in [2.75, 3.05) is 19.6 Å². The van der Waals surface area contributed by atoms with E-state index in [4.69, 9.17) is 0 Å². The highest BCUT2D eigenvalue weighted by molar-refractivity contribution is 7.85. The Kier molecular flexibility index (Phi) is 8.26. The van der Waals surface area contributed by atoms with Crippen LogP contribution in [0.2, 0.25) is 0 Å². The summed E-state index contributed by atoms with van der Waals surface area (Å²) in [6.45, 7) is 5.09. The first kappa shape index (κ1) is 21.1. The molecule has 3 rings (SSSR count). The second kappa shape index (κ2) is 10.2. The number of rotatable bonds is 6. The molecule has 0 aromatic heterocycles. The van der Waals surface area contributed by atoms with E-state index in [9.17, 15) is 8.60 Å². The second-order valence-corrected chi connectivity index (χ2v) is 8.38. The average molecular weight is 396 g/mol. The summed E-state index contributed by atoms with van der Waals surface area (Å²) >= 11 is 0. The Morgan fingerprint density at radius 2 is 1.73 bits per heavy atom. The number of hydrogen-bond donors (Lipinski definition) is 0. The first-order valence-electron chi connectivity index (χ1n) is 9.12. The predicted molar refractivity (Wildman–Crippen MR) is 109 cm³/mol. The zero-order valence-corrected chi connectivity index (χ0v) is 16.8. The van der Waals surface area contributed by atoms with Crippen molar-refractivity contribution in [1.82, 2.24) is 4.90 Å². The monoisotopic (exact) mass is 395 g/mol. The van der Waals surface area contributed by atoms with E-state index < -0.39 is 10.8 Å². The van der Waals surface area contributed by atoms with Crippen LogP contribution >= 0.6 is 12.4 Å². The molecule has 1 unspecified atom stereocenters. The lowest BCUT2D eigenvalue weighted by atomic mass is 10.1. The maximum Gasteiger partial charge on any atom is 0.123 e. The summed E-state index contributed by atoms with van der Waals surface area (Å²) in [5.74, 6) is -0.181. The molecule has 2 aromatic carbocycles. The van der Waals surface area contributed by atoms with Crippen LogP contribution in [-0.2, 0) is 23.6 Å². The highest BCUT2D eigenvalue weighted by Gasteiger charge is 2.25. The van der Waals surface area contributed by atoms with Crippen molar-refractivity contribution in [3.05, 3.63) is 65.5 Å². The van der Waals surface area contributed by atoms with Gasteiger partial charge in [0.2, 0.25) is 0 Å². The maximum absolute atomic E-state index is 13.0. The number of aryl methyl sites for hydroxylation is 1. The summed E-state index contributed by atoms with van der Waals surface area (Å²) in [5.41, 5.74) is 2.38. The highest BCUT2D eigenvalue weighted by atomic mass is 35.5. The van der Waals surface area contributed by atoms with Crippen LogP contribution in [0.5, 0.6) is 0 Å². The summed E-state index contributed by atoms with van der Waals surface area (Å²) in [6, 6.07) is 14.9. The largest absolute Gasteiger partial charge is 0.303 e. The van der Waals surface area contributed by atoms with Crippen molar-refractivity contribution in [2.24, 2.45) is 0 Å². The molecule has 5 heteroatoms. The highest BCUT2D eigenvalue weighted by Crippen LogP contribution is 2.24. The van der Waals surface area contributed by atoms with Crippen LogP contribution in [0.25, 0.3) is 0 Å². The van der Waals surface area contributed by atoms with Crippen molar-refractivity contribution >= 4 is 23.2 Å². The fraction of sp³-hybridized carbons (Fsp3) is 0.429. The van der Waals surface area contributed by atoms with Gasteiger partial charge in [0.1, 0.15) is 5.82 Å². The minimum Gasteiger partial charge on any atom is -0.303 e. The average Bonchev–Trinajstić information content (AvgIpc) is 2.67. The van der Waals surface area contributed by atoms with Gasteiger partial charge in [-0.1, -0.05) is 37.3 Å². The number of benzene rings is 2. The van der Waals surface area contributed by atoms with Crippen molar-refractivity contribution in [2.45, 2.75) is 42.8 Å². The number of piperidine rings is 1. The van der Waals surface area contributed by atoms with Crippen molar-refractivity contribution < 1.29 is 8.60 Å². The van der Waals surface area contributed by atoms with Gasteiger partial charge in [-0.25, -0.2) is 4.39 Å². The van der Waals surface area contributed by atoms with E-state index in [1.54, 1.807) is 0 Å². The smallest absolute Gasteiger partial charge is 0.123 e. The first-order valence-corrected chi connectivity index (χ1v) is 10.3. The maximum atomic E-state index is 13.0. The van der Waals surface area contributed by atoms with Gasteiger partial charge in [0, 0.05) is 16.7 Å². The Balaban J connectivity index is 0.00000243. The van der Waals surface area contributed by atoms with Gasteiger partial charge in [-0.05, 0) is 68.1 Å². The number of nitrogens with zero attached hydrogens (tertiary/aromatic N) is 1. The van der Waals surface area contributed by atoms with Crippen LogP contribution in [0, 0.1) is 5.82 Å². The molecule has 26 heavy (non-hydrogen) atoms. The minimum atomic E-state index is -0.907. The van der Waals surface area contributed by atoms with Crippen LogP contribution in [0.1, 0.15) is 30.9 Å². The van der Waals surface area contributed by atoms with E-state index in [1.807, 2.05) is 30.3 Å². The standard InChI is InChI=1S/C21H26FNOS.ClH/c1-2-18-5-3-4-6-21(18)25(24)20-12-15-23(16-13-20)14-11-17-7-9-19(22)10-8-17;/h3-10,20H,2,11-16H2,1H3;1H. The topological polar surface area (TPSA) is 20.3 Å². The van der Waals surface area contributed by atoms with Gasteiger partial charge in [0.05, 0.1) is 10.8 Å². The molecular formula is C21H27ClFNOS. The summed E-state index contributed by atoms with van der Waals surface area (Å²) in [6.07, 6.45) is 3.83. The van der Waals surface area contributed by atoms with Crippen molar-refractivity contribution in [3.8, 4) is 0 Å². The van der Waals surface area contributed by atoms with E-state index in [0.717, 1.165) is 50.2 Å². The van der Waals surface area contributed by atoms with E-state index >= 15 is 0 Å². The Morgan fingerprint density at radius 1 is 1.08 bits per heavy atom. The molecule has 2 nitrogen and oxygen atoms in total. The van der Waals surface area contributed by atoms with Gasteiger partial charge in [-0.2, -0.15) is 0 Å². The third-order valence-electron chi connectivity index (χ3n) is 5.04. The van der Waals surface area contributed by atoms with E-state index in [2.05, 4.69) is 17.9 Å². The van der Waals surface area contributed by atoms with E-state index in [1.165, 1.54) is 23.3 Å².